The number of aromatic nitrogens is 1. The van der Waals surface area contributed by atoms with Crippen LogP contribution in [0.15, 0.2) is 28.6 Å². The van der Waals surface area contributed by atoms with Gasteiger partial charge in [-0.2, -0.15) is 0 Å². The average molecular weight is 267 g/mol. The lowest BCUT2D eigenvalue weighted by Gasteiger charge is -2.01. The molecule has 4 heteroatoms. The Hall–Kier alpha value is -0.610. The molecule has 0 radical (unpaired) electrons. The summed E-state index contributed by atoms with van der Waals surface area (Å²) < 4.78 is 3.22. The summed E-state index contributed by atoms with van der Waals surface area (Å²) in [5.41, 5.74) is 1.28. The fourth-order valence-electron chi connectivity index (χ4n) is 2.12. The van der Waals surface area contributed by atoms with Crippen LogP contribution in [0, 0.1) is 5.92 Å². The van der Waals surface area contributed by atoms with Gasteiger partial charge in [0.2, 0.25) is 0 Å². The molecule has 0 aliphatic heterocycles. The van der Waals surface area contributed by atoms with Gasteiger partial charge in [0, 0.05) is 41.1 Å². The Morgan fingerprint density at radius 3 is 2.71 bits per heavy atom. The molecule has 2 nitrogen and oxygen atoms in total. The molecule has 1 aliphatic rings. The van der Waals surface area contributed by atoms with E-state index in [1.807, 2.05) is 37.9 Å². The number of ketones is 1. The van der Waals surface area contributed by atoms with Crippen LogP contribution >= 0.6 is 23.5 Å². The SMILES string of the molecule is CSC(=CC(=O)C1CC1c1cccn1C)SC. The second kappa shape index (κ2) is 5.36. The number of hydrogen-bond acceptors (Lipinski definition) is 3. The van der Waals surface area contributed by atoms with Crippen LogP contribution in [0.4, 0.5) is 0 Å². The number of carbonyl (C=O) groups excluding carboxylic acids is 1. The Bertz CT molecular complexity index is 444. The monoisotopic (exact) mass is 267 g/mol. The lowest BCUT2D eigenvalue weighted by atomic mass is 10.2. The summed E-state index contributed by atoms with van der Waals surface area (Å²) in [4.78, 5) is 12.0. The minimum absolute atomic E-state index is 0.206. The molecule has 1 aliphatic carbocycles. The third-order valence-corrected chi connectivity index (χ3v) is 5.22. The number of nitrogens with zero attached hydrogens (tertiary/aromatic N) is 1. The molecular weight excluding hydrogens is 250 g/mol. The van der Waals surface area contributed by atoms with E-state index in [0.29, 0.717) is 5.92 Å². The van der Waals surface area contributed by atoms with Crippen molar-refractivity contribution in [1.82, 2.24) is 4.57 Å². The molecule has 0 amide bonds. The van der Waals surface area contributed by atoms with Crippen LogP contribution in [0.1, 0.15) is 18.0 Å². The van der Waals surface area contributed by atoms with E-state index < -0.39 is 0 Å². The lowest BCUT2D eigenvalue weighted by Crippen LogP contribution is -2.00. The lowest BCUT2D eigenvalue weighted by molar-refractivity contribution is -0.115. The number of carbonyl (C=O) groups is 1. The number of allylic oxidation sites excluding steroid dienone is 1. The van der Waals surface area contributed by atoms with E-state index in [1.165, 1.54) is 5.69 Å². The van der Waals surface area contributed by atoms with Gasteiger partial charge in [0.1, 0.15) is 0 Å². The predicted octanol–water partition coefficient (Wildman–Crippen LogP) is 3.27. The quantitative estimate of drug-likeness (QED) is 0.764. The molecule has 1 heterocycles. The van der Waals surface area contributed by atoms with E-state index in [2.05, 4.69) is 10.6 Å². The highest BCUT2D eigenvalue weighted by Gasteiger charge is 2.44. The van der Waals surface area contributed by atoms with Gasteiger partial charge in [0.05, 0.1) is 0 Å². The zero-order valence-electron chi connectivity index (χ0n) is 10.3. The van der Waals surface area contributed by atoms with E-state index in [9.17, 15) is 4.79 Å². The van der Waals surface area contributed by atoms with E-state index in [0.717, 1.165) is 10.7 Å². The Labute approximate surface area is 111 Å². The van der Waals surface area contributed by atoms with Crippen LogP contribution in [-0.4, -0.2) is 22.9 Å². The third kappa shape index (κ3) is 2.80. The zero-order valence-corrected chi connectivity index (χ0v) is 12.0. The summed E-state index contributed by atoms with van der Waals surface area (Å²) in [6, 6.07) is 4.16. The van der Waals surface area contributed by atoms with Crippen molar-refractivity contribution in [2.24, 2.45) is 13.0 Å². The number of thioether (sulfide) groups is 2. The summed E-state index contributed by atoms with van der Waals surface area (Å²) in [5, 5.41) is 0. The minimum atomic E-state index is 0.206. The molecule has 0 aromatic carbocycles. The highest BCUT2D eigenvalue weighted by Crippen LogP contribution is 2.48. The Kier molecular flexibility index (Phi) is 4.05. The molecule has 2 atom stereocenters. The predicted molar refractivity (Wildman–Crippen MR) is 76.4 cm³/mol. The molecule has 1 aromatic rings. The number of rotatable bonds is 5. The molecule has 1 fully saturated rings. The second-order valence-corrected chi connectivity index (χ2v) is 6.22. The first-order valence-corrected chi connectivity index (χ1v) is 8.07. The van der Waals surface area contributed by atoms with Gasteiger partial charge in [-0.3, -0.25) is 4.79 Å². The molecular formula is C13H17NOS2. The number of hydrogen-bond donors (Lipinski definition) is 0. The summed E-state index contributed by atoms with van der Waals surface area (Å²) >= 11 is 3.29. The third-order valence-electron chi connectivity index (χ3n) is 3.18. The standard InChI is InChI=1S/C13H17NOS2/c1-14-6-4-5-11(14)9-7-10(9)12(15)8-13(16-2)17-3/h4-6,8-10H,7H2,1-3H3. The maximum absolute atomic E-state index is 12.0. The normalized spacial score (nSPS) is 22.3. The number of aryl methyl sites for hydroxylation is 1. The topological polar surface area (TPSA) is 22.0 Å². The van der Waals surface area contributed by atoms with Gasteiger partial charge in [-0.25, -0.2) is 0 Å². The van der Waals surface area contributed by atoms with Crippen molar-refractivity contribution in [2.75, 3.05) is 12.5 Å². The van der Waals surface area contributed by atoms with Crippen molar-refractivity contribution in [3.05, 3.63) is 34.3 Å². The average Bonchev–Trinajstić information content (AvgIpc) is 3.02. The first kappa shape index (κ1) is 12.8. The Morgan fingerprint density at radius 1 is 1.47 bits per heavy atom. The highest BCUT2D eigenvalue weighted by molar-refractivity contribution is 8.21. The van der Waals surface area contributed by atoms with Gasteiger partial charge >= 0.3 is 0 Å². The molecule has 17 heavy (non-hydrogen) atoms. The van der Waals surface area contributed by atoms with Gasteiger partial charge in [0.25, 0.3) is 0 Å². The molecule has 2 rings (SSSR count). The maximum atomic E-state index is 12.0. The Balaban J connectivity index is 2.02. The van der Waals surface area contributed by atoms with Crippen LogP contribution in [0.5, 0.6) is 0 Å². The van der Waals surface area contributed by atoms with Gasteiger partial charge in [0.15, 0.2) is 5.78 Å². The first-order valence-electron chi connectivity index (χ1n) is 5.62. The molecule has 0 bridgehead atoms. The smallest absolute Gasteiger partial charge is 0.161 e. The van der Waals surface area contributed by atoms with Crippen molar-refractivity contribution in [1.29, 1.82) is 0 Å². The summed E-state index contributed by atoms with van der Waals surface area (Å²) in [5.74, 6) is 0.927. The van der Waals surface area contributed by atoms with Gasteiger partial charge in [-0.15, -0.1) is 23.5 Å². The van der Waals surface area contributed by atoms with E-state index in [-0.39, 0.29) is 11.7 Å². The van der Waals surface area contributed by atoms with Crippen LogP contribution < -0.4 is 0 Å². The van der Waals surface area contributed by atoms with Crippen molar-refractivity contribution >= 4 is 29.3 Å². The first-order chi connectivity index (χ1) is 8.17. The fourth-order valence-corrected chi connectivity index (χ4v) is 3.25. The highest BCUT2D eigenvalue weighted by atomic mass is 32.2. The largest absolute Gasteiger partial charge is 0.354 e. The van der Waals surface area contributed by atoms with Gasteiger partial charge in [-0.05, 0) is 31.1 Å². The van der Waals surface area contributed by atoms with Crippen LogP contribution in [0.2, 0.25) is 0 Å². The molecule has 0 saturated heterocycles. The molecule has 92 valence electrons. The van der Waals surface area contributed by atoms with Crippen molar-refractivity contribution in [3.8, 4) is 0 Å². The van der Waals surface area contributed by atoms with Crippen LogP contribution in [0.25, 0.3) is 0 Å². The Morgan fingerprint density at radius 2 is 2.18 bits per heavy atom. The van der Waals surface area contributed by atoms with Gasteiger partial charge in [-0.1, -0.05) is 0 Å². The summed E-state index contributed by atoms with van der Waals surface area (Å²) in [6.45, 7) is 0. The van der Waals surface area contributed by atoms with E-state index >= 15 is 0 Å². The summed E-state index contributed by atoms with van der Waals surface area (Å²) in [6.07, 6.45) is 8.88. The zero-order chi connectivity index (χ0) is 12.4. The molecule has 0 N–H and O–H groups in total. The molecule has 1 aromatic heterocycles. The van der Waals surface area contributed by atoms with E-state index in [4.69, 9.17) is 0 Å². The van der Waals surface area contributed by atoms with E-state index in [1.54, 1.807) is 23.5 Å². The minimum Gasteiger partial charge on any atom is -0.354 e. The van der Waals surface area contributed by atoms with Crippen molar-refractivity contribution in [3.63, 3.8) is 0 Å². The molecule has 2 unspecified atom stereocenters. The summed E-state index contributed by atoms with van der Waals surface area (Å²) in [7, 11) is 2.04. The fraction of sp³-hybridized carbons (Fsp3) is 0.462. The van der Waals surface area contributed by atoms with Crippen LogP contribution in [0.3, 0.4) is 0 Å². The van der Waals surface area contributed by atoms with Crippen molar-refractivity contribution in [2.45, 2.75) is 12.3 Å². The van der Waals surface area contributed by atoms with Gasteiger partial charge < -0.3 is 4.57 Å². The maximum Gasteiger partial charge on any atom is 0.161 e. The molecule has 1 saturated carbocycles. The second-order valence-electron chi connectivity index (χ2n) is 4.27. The molecule has 0 spiro atoms. The van der Waals surface area contributed by atoms with Crippen LogP contribution in [-0.2, 0) is 11.8 Å². The van der Waals surface area contributed by atoms with Crippen molar-refractivity contribution < 1.29 is 4.79 Å².